The molecule has 1 saturated heterocycles. The van der Waals surface area contributed by atoms with E-state index in [1.807, 2.05) is 0 Å². The number of aliphatic carboxylic acids is 1. The van der Waals surface area contributed by atoms with E-state index in [1.165, 1.54) is 4.90 Å². The normalized spacial score (nSPS) is 18.1. The van der Waals surface area contributed by atoms with Gasteiger partial charge in [0.1, 0.15) is 6.04 Å². The molecule has 0 bridgehead atoms. The summed E-state index contributed by atoms with van der Waals surface area (Å²) in [6, 6.07) is 5.89. The maximum Gasteiger partial charge on any atom is 0.326 e. The van der Waals surface area contributed by atoms with Gasteiger partial charge in [-0.2, -0.15) is 0 Å². The molecule has 1 heterocycles. The predicted octanol–water partition coefficient (Wildman–Crippen LogP) is 0.967. The van der Waals surface area contributed by atoms with Gasteiger partial charge in [0.2, 0.25) is 0 Å². The number of carboxylic acid groups (broad SMARTS) is 1. The number of nitrogens with zero attached hydrogens (tertiary/aromatic N) is 1. The fourth-order valence-electron chi connectivity index (χ4n) is 1.76. The maximum atomic E-state index is 12.0. The molecule has 17 heavy (non-hydrogen) atoms. The number of rotatable bonds is 2. The average Bonchev–Trinajstić information content (AvgIpc) is 2.27. The van der Waals surface area contributed by atoms with Gasteiger partial charge in [-0.05, 0) is 30.7 Å². The van der Waals surface area contributed by atoms with Crippen molar-refractivity contribution in [2.24, 2.45) is 0 Å². The third-order valence-corrected chi connectivity index (χ3v) is 2.86. The van der Waals surface area contributed by atoms with E-state index in [2.05, 4.69) is 5.92 Å². The zero-order valence-electron chi connectivity index (χ0n) is 9.09. The Morgan fingerprint density at radius 1 is 1.35 bits per heavy atom. The van der Waals surface area contributed by atoms with Crippen LogP contribution in [-0.4, -0.2) is 34.5 Å². The second-order valence-electron chi connectivity index (χ2n) is 3.86. The molecule has 1 aliphatic heterocycles. The molecule has 1 aliphatic rings. The Kier molecular flexibility index (Phi) is 2.84. The summed E-state index contributed by atoms with van der Waals surface area (Å²) in [5.74, 6) is 1.25. The summed E-state index contributed by atoms with van der Waals surface area (Å²) >= 11 is 0. The highest BCUT2D eigenvalue weighted by atomic mass is 16.4. The summed E-state index contributed by atoms with van der Waals surface area (Å²) in [6.07, 6.45) is 5.73. The van der Waals surface area contributed by atoms with Crippen molar-refractivity contribution in [1.29, 1.82) is 0 Å². The number of hydrogen-bond acceptors (Lipinski definition) is 2. The molecule has 1 aromatic rings. The fraction of sp³-hybridized carbons (Fsp3) is 0.231. The van der Waals surface area contributed by atoms with Crippen LogP contribution in [0.25, 0.3) is 0 Å². The van der Waals surface area contributed by atoms with Crippen molar-refractivity contribution in [3.05, 3.63) is 35.4 Å². The molecule has 1 N–H and O–H groups in total. The van der Waals surface area contributed by atoms with E-state index in [1.54, 1.807) is 24.3 Å². The summed E-state index contributed by atoms with van der Waals surface area (Å²) in [7, 11) is 0. The highest BCUT2D eigenvalue weighted by molar-refractivity contribution is 5.97. The molecule has 0 aromatic heterocycles. The molecule has 0 aliphatic carbocycles. The number of carbonyl (C=O) groups is 2. The molecule has 0 radical (unpaired) electrons. The lowest BCUT2D eigenvalue weighted by atomic mass is 10.0. The average molecular weight is 229 g/mol. The van der Waals surface area contributed by atoms with Crippen LogP contribution >= 0.6 is 0 Å². The lowest BCUT2D eigenvalue weighted by Crippen LogP contribution is -2.55. The number of amides is 1. The maximum absolute atomic E-state index is 12.0. The Bertz CT molecular complexity index is 498. The van der Waals surface area contributed by atoms with Crippen molar-refractivity contribution in [2.45, 2.75) is 12.5 Å². The number of carbonyl (C=O) groups excluding carboxylic acids is 1. The molecule has 0 spiro atoms. The highest BCUT2D eigenvalue weighted by Crippen LogP contribution is 2.20. The lowest BCUT2D eigenvalue weighted by Gasteiger charge is -2.37. The zero-order chi connectivity index (χ0) is 12.4. The van der Waals surface area contributed by atoms with Crippen molar-refractivity contribution in [3.63, 3.8) is 0 Å². The Balaban J connectivity index is 2.15. The number of benzene rings is 1. The van der Waals surface area contributed by atoms with E-state index in [4.69, 9.17) is 11.5 Å². The molecule has 4 heteroatoms. The Morgan fingerprint density at radius 2 is 2.00 bits per heavy atom. The first-order valence-electron chi connectivity index (χ1n) is 5.24. The summed E-state index contributed by atoms with van der Waals surface area (Å²) in [5.41, 5.74) is 1.16. The van der Waals surface area contributed by atoms with Gasteiger partial charge in [0.05, 0.1) is 0 Å². The molecule has 1 atom stereocenters. The van der Waals surface area contributed by atoms with Crippen LogP contribution in [0.2, 0.25) is 0 Å². The molecular formula is C13H11NO3. The molecule has 1 fully saturated rings. The monoisotopic (exact) mass is 229 g/mol. The van der Waals surface area contributed by atoms with Crippen LogP contribution in [0.3, 0.4) is 0 Å². The van der Waals surface area contributed by atoms with E-state index in [0.717, 1.165) is 0 Å². The minimum atomic E-state index is -0.954. The minimum Gasteiger partial charge on any atom is -0.480 e. The summed E-state index contributed by atoms with van der Waals surface area (Å²) in [4.78, 5) is 24.1. The van der Waals surface area contributed by atoms with E-state index < -0.39 is 12.0 Å². The van der Waals surface area contributed by atoms with Gasteiger partial charge in [-0.3, -0.25) is 4.79 Å². The fourth-order valence-corrected chi connectivity index (χ4v) is 1.76. The quantitative estimate of drug-likeness (QED) is 0.769. The molecule has 1 amide bonds. The first-order valence-corrected chi connectivity index (χ1v) is 5.24. The third kappa shape index (κ3) is 2.00. The van der Waals surface area contributed by atoms with E-state index in [-0.39, 0.29) is 5.91 Å². The van der Waals surface area contributed by atoms with Gasteiger partial charge in [0, 0.05) is 17.7 Å². The summed E-state index contributed by atoms with van der Waals surface area (Å²) in [6.45, 7) is 0.493. The van der Waals surface area contributed by atoms with Crippen LogP contribution in [0.4, 0.5) is 0 Å². The van der Waals surface area contributed by atoms with Gasteiger partial charge in [0.15, 0.2) is 0 Å². The Morgan fingerprint density at radius 3 is 2.41 bits per heavy atom. The van der Waals surface area contributed by atoms with Crippen molar-refractivity contribution < 1.29 is 14.7 Å². The van der Waals surface area contributed by atoms with Gasteiger partial charge < -0.3 is 10.0 Å². The standard InChI is InChI=1S/C13H11NO3/c1-2-9-3-5-10(6-4-9)12(15)14-8-7-11(14)13(16)17/h1,3-6,11H,7-8H2,(H,16,17). The second kappa shape index (κ2) is 4.30. The van der Waals surface area contributed by atoms with Crippen LogP contribution in [-0.2, 0) is 4.79 Å². The number of likely N-dealkylation sites (tertiary alicyclic amines) is 1. The van der Waals surface area contributed by atoms with Gasteiger partial charge in [-0.1, -0.05) is 5.92 Å². The van der Waals surface area contributed by atoms with Crippen LogP contribution in [0.1, 0.15) is 22.3 Å². The molecule has 1 aromatic carbocycles. The third-order valence-electron chi connectivity index (χ3n) is 2.86. The second-order valence-corrected chi connectivity index (χ2v) is 3.86. The van der Waals surface area contributed by atoms with Crippen molar-refractivity contribution in [1.82, 2.24) is 4.90 Å². The molecular weight excluding hydrogens is 218 g/mol. The molecule has 4 nitrogen and oxygen atoms in total. The topological polar surface area (TPSA) is 57.6 Å². The largest absolute Gasteiger partial charge is 0.480 e. The van der Waals surface area contributed by atoms with Crippen LogP contribution in [0.5, 0.6) is 0 Å². The van der Waals surface area contributed by atoms with Crippen LogP contribution < -0.4 is 0 Å². The number of carboxylic acids is 1. The van der Waals surface area contributed by atoms with Gasteiger partial charge >= 0.3 is 5.97 Å². The van der Waals surface area contributed by atoms with E-state index >= 15 is 0 Å². The number of hydrogen-bond donors (Lipinski definition) is 1. The summed E-state index contributed by atoms with van der Waals surface area (Å²) in [5, 5.41) is 8.86. The van der Waals surface area contributed by atoms with E-state index in [0.29, 0.717) is 24.1 Å². The smallest absolute Gasteiger partial charge is 0.326 e. The SMILES string of the molecule is C#Cc1ccc(C(=O)N2CCC2C(=O)O)cc1. The number of terminal acetylenes is 1. The highest BCUT2D eigenvalue weighted by Gasteiger charge is 2.37. The van der Waals surface area contributed by atoms with Gasteiger partial charge in [-0.25, -0.2) is 4.79 Å². The van der Waals surface area contributed by atoms with Gasteiger partial charge in [-0.15, -0.1) is 6.42 Å². The van der Waals surface area contributed by atoms with E-state index in [9.17, 15) is 9.59 Å². The van der Waals surface area contributed by atoms with Crippen molar-refractivity contribution >= 4 is 11.9 Å². The summed E-state index contributed by atoms with van der Waals surface area (Å²) < 4.78 is 0. The van der Waals surface area contributed by atoms with Crippen LogP contribution in [0.15, 0.2) is 24.3 Å². The zero-order valence-corrected chi connectivity index (χ0v) is 9.09. The van der Waals surface area contributed by atoms with Crippen LogP contribution in [0, 0.1) is 12.3 Å². The van der Waals surface area contributed by atoms with Gasteiger partial charge in [0.25, 0.3) is 5.91 Å². The predicted molar refractivity (Wildman–Crippen MR) is 61.5 cm³/mol. The first-order chi connectivity index (χ1) is 8.13. The Hall–Kier alpha value is -2.28. The first kappa shape index (κ1) is 11.2. The van der Waals surface area contributed by atoms with Crippen molar-refractivity contribution in [2.75, 3.05) is 6.54 Å². The molecule has 1 unspecified atom stereocenters. The van der Waals surface area contributed by atoms with Crippen molar-refractivity contribution in [3.8, 4) is 12.3 Å². The lowest BCUT2D eigenvalue weighted by molar-refractivity contribution is -0.146. The molecule has 2 rings (SSSR count). The molecule has 86 valence electrons. The Labute approximate surface area is 98.9 Å². The minimum absolute atomic E-state index is 0.257. The molecule has 0 saturated carbocycles.